The zero-order chi connectivity index (χ0) is 19.1. The van der Waals surface area contributed by atoms with Crippen molar-refractivity contribution in [3.63, 3.8) is 0 Å². The summed E-state index contributed by atoms with van der Waals surface area (Å²) in [7, 11) is 0. The molecular weight excluding hydrogens is 354 g/mol. The van der Waals surface area contributed by atoms with Crippen LogP contribution >= 0.6 is 0 Å². The monoisotopic (exact) mass is 370 g/mol. The first-order valence-electron chi connectivity index (χ1n) is 7.51. The van der Waals surface area contributed by atoms with Gasteiger partial charge in [0, 0.05) is 6.07 Å². The minimum Gasteiger partial charge on any atom is -0.490 e. The van der Waals surface area contributed by atoms with Gasteiger partial charge in [-0.3, -0.25) is 4.79 Å². The van der Waals surface area contributed by atoms with Gasteiger partial charge >= 0.3 is 12.6 Å². The maximum absolute atomic E-state index is 12.4. The summed E-state index contributed by atoms with van der Waals surface area (Å²) in [5.41, 5.74) is 0.0140. The second kappa shape index (κ2) is 8.79. The number of esters is 1. The number of anilines is 1. The van der Waals surface area contributed by atoms with Crippen molar-refractivity contribution in [2.45, 2.75) is 20.5 Å². The summed E-state index contributed by atoms with van der Waals surface area (Å²) in [5, 5.41) is 5.95. The summed E-state index contributed by atoms with van der Waals surface area (Å²) in [6, 6.07) is 5.08. The highest BCUT2D eigenvalue weighted by molar-refractivity contribution is 5.95. The molecule has 26 heavy (non-hydrogen) atoms. The van der Waals surface area contributed by atoms with Crippen molar-refractivity contribution in [2.75, 3.05) is 18.5 Å². The molecule has 1 N–H and O–H groups in total. The Balaban J connectivity index is 1.97. The number of rotatable bonds is 8. The minimum absolute atomic E-state index is 0.0140. The normalized spacial score (nSPS) is 10.5. The molecule has 0 aliphatic rings. The van der Waals surface area contributed by atoms with E-state index in [1.807, 2.05) is 0 Å². The Morgan fingerprint density at radius 1 is 1.27 bits per heavy atom. The lowest BCUT2D eigenvalue weighted by molar-refractivity contribution is -0.119. The third-order valence-corrected chi connectivity index (χ3v) is 2.93. The molecule has 0 unspecified atom stereocenters. The molecule has 2 rings (SSSR count). The lowest BCUT2D eigenvalue weighted by Gasteiger charge is -2.12. The van der Waals surface area contributed by atoms with Crippen LogP contribution in [0.3, 0.4) is 0 Å². The Bertz CT molecular complexity index is 778. The number of halogens is 2. The Kier molecular flexibility index (Phi) is 6.48. The van der Waals surface area contributed by atoms with Gasteiger partial charge in [0.15, 0.2) is 23.9 Å². The molecule has 0 radical (unpaired) electrons. The van der Waals surface area contributed by atoms with Crippen molar-refractivity contribution >= 4 is 17.7 Å². The topological polar surface area (TPSA) is 99.9 Å². The smallest absolute Gasteiger partial charge is 0.387 e. The van der Waals surface area contributed by atoms with Gasteiger partial charge in [-0.15, -0.1) is 0 Å². The van der Waals surface area contributed by atoms with Crippen molar-refractivity contribution in [1.82, 2.24) is 5.16 Å². The molecular formula is C16H16F2N2O6. The third kappa shape index (κ3) is 5.43. The summed E-state index contributed by atoms with van der Waals surface area (Å²) >= 11 is 0. The van der Waals surface area contributed by atoms with E-state index in [0.717, 1.165) is 6.07 Å². The van der Waals surface area contributed by atoms with Gasteiger partial charge in [-0.1, -0.05) is 5.16 Å². The van der Waals surface area contributed by atoms with Crippen LogP contribution < -0.4 is 14.8 Å². The number of nitrogens with one attached hydrogen (secondary N) is 1. The molecule has 0 fully saturated rings. The zero-order valence-electron chi connectivity index (χ0n) is 14.0. The summed E-state index contributed by atoms with van der Waals surface area (Å²) < 4.78 is 43.9. The SMILES string of the molecule is CCOc1cc(C(=O)OCC(=O)Nc2cc(C)on2)ccc1OC(F)F. The Labute approximate surface area is 147 Å². The van der Waals surface area contributed by atoms with Crippen LogP contribution in [0.25, 0.3) is 0 Å². The number of carbonyl (C=O) groups is 2. The molecule has 0 saturated carbocycles. The van der Waals surface area contributed by atoms with Gasteiger partial charge in [0.25, 0.3) is 5.91 Å². The van der Waals surface area contributed by atoms with Crippen LogP contribution in [0, 0.1) is 6.92 Å². The van der Waals surface area contributed by atoms with Crippen LogP contribution in [-0.2, 0) is 9.53 Å². The first-order chi connectivity index (χ1) is 12.4. The van der Waals surface area contributed by atoms with E-state index in [4.69, 9.17) is 14.0 Å². The molecule has 0 bridgehead atoms. The molecule has 10 heteroatoms. The van der Waals surface area contributed by atoms with Crippen molar-refractivity contribution in [2.24, 2.45) is 0 Å². The van der Waals surface area contributed by atoms with E-state index >= 15 is 0 Å². The predicted octanol–water partition coefficient (Wildman–Crippen LogP) is 2.78. The first-order valence-corrected chi connectivity index (χ1v) is 7.51. The zero-order valence-corrected chi connectivity index (χ0v) is 14.0. The molecule has 140 valence electrons. The van der Waals surface area contributed by atoms with Crippen molar-refractivity contribution < 1.29 is 37.1 Å². The number of aryl methyl sites for hydroxylation is 1. The van der Waals surface area contributed by atoms with E-state index in [0.29, 0.717) is 5.76 Å². The number of benzene rings is 1. The second-order valence-electron chi connectivity index (χ2n) is 4.92. The lowest BCUT2D eigenvalue weighted by Crippen LogP contribution is -2.21. The molecule has 1 aromatic heterocycles. The third-order valence-electron chi connectivity index (χ3n) is 2.93. The maximum atomic E-state index is 12.4. The fourth-order valence-electron chi connectivity index (χ4n) is 1.92. The van der Waals surface area contributed by atoms with E-state index in [1.54, 1.807) is 13.8 Å². The Morgan fingerprint density at radius 2 is 2.04 bits per heavy atom. The van der Waals surface area contributed by atoms with E-state index in [2.05, 4.69) is 15.2 Å². The van der Waals surface area contributed by atoms with Crippen LogP contribution in [0.5, 0.6) is 11.5 Å². The van der Waals surface area contributed by atoms with Gasteiger partial charge in [0.05, 0.1) is 12.2 Å². The molecule has 0 aliphatic carbocycles. The number of hydrogen-bond acceptors (Lipinski definition) is 7. The minimum atomic E-state index is -3.03. The van der Waals surface area contributed by atoms with Gasteiger partial charge < -0.3 is 24.1 Å². The molecule has 2 aromatic rings. The van der Waals surface area contributed by atoms with E-state index < -0.39 is 25.1 Å². The van der Waals surface area contributed by atoms with Gasteiger partial charge in [-0.05, 0) is 32.0 Å². The Morgan fingerprint density at radius 3 is 2.65 bits per heavy atom. The number of hydrogen-bond donors (Lipinski definition) is 1. The summed E-state index contributed by atoms with van der Waals surface area (Å²) in [6.45, 7) is -0.120. The quantitative estimate of drug-likeness (QED) is 0.713. The molecule has 1 aromatic carbocycles. The molecule has 0 saturated heterocycles. The van der Waals surface area contributed by atoms with Crippen molar-refractivity contribution in [3.05, 3.63) is 35.6 Å². The highest BCUT2D eigenvalue weighted by atomic mass is 19.3. The largest absolute Gasteiger partial charge is 0.490 e. The molecule has 1 heterocycles. The Hall–Kier alpha value is -3.17. The summed E-state index contributed by atoms with van der Waals surface area (Å²) in [4.78, 5) is 23.7. The average Bonchev–Trinajstić information content (AvgIpc) is 2.99. The van der Waals surface area contributed by atoms with Crippen LogP contribution in [0.15, 0.2) is 28.8 Å². The van der Waals surface area contributed by atoms with Crippen LogP contribution in [0.1, 0.15) is 23.0 Å². The van der Waals surface area contributed by atoms with E-state index in [9.17, 15) is 18.4 Å². The highest BCUT2D eigenvalue weighted by Gasteiger charge is 2.16. The van der Waals surface area contributed by atoms with E-state index in [-0.39, 0.29) is 29.5 Å². The van der Waals surface area contributed by atoms with E-state index in [1.165, 1.54) is 18.2 Å². The molecule has 0 spiro atoms. The van der Waals surface area contributed by atoms with Gasteiger partial charge in [-0.25, -0.2) is 4.79 Å². The standard InChI is InChI=1S/C16H16F2N2O6/c1-3-23-12-7-10(4-5-11(12)25-16(17)18)15(22)24-8-14(21)19-13-6-9(2)26-20-13/h4-7,16H,3,8H2,1-2H3,(H,19,20,21). The number of nitrogens with zero attached hydrogens (tertiary/aromatic N) is 1. The van der Waals surface area contributed by atoms with Crippen molar-refractivity contribution in [3.8, 4) is 11.5 Å². The fraction of sp³-hybridized carbons (Fsp3) is 0.312. The molecule has 8 nitrogen and oxygen atoms in total. The summed E-state index contributed by atoms with van der Waals surface area (Å²) in [5.74, 6) is -1.000. The molecule has 0 aliphatic heterocycles. The van der Waals surface area contributed by atoms with Gasteiger partial charge in [0.2, 0.25) is 0 Å². The number of alkyl halides is 2. The number of carbonyl (C=O) groups excluding carboxylic acids is 2. The number of amides is 1. The number of ether oxygens (including phenoxy) is 3. The van der Waals surface area contributed by atoms with Crippen LogP contribution in [0.2, 0.25) is 0 Å². The van der Waals surface area contributed by atoms with Crippen molar-refractivity contribution in [1.29, 1.82) is 0 Å². The van der Waals surface area contributed by atoms with Gasteiger partial charge in [0.1, 0.15) is 5.76 Å². The summed E-state index contributed by atoms with van der Waals surface area (Å²) in [6.07, 6.45) is 0. The maximum Gasteiger partial charge on any atom is 0.387 e. The second-order valence-corrected chi connectivity index (χ2v) is 4.92. The highest BCUT2D eigenvalue weighted by Crippen LogP contribution is 2.30. The predicted molar refractivity (Wildman–Crippen MR) is 84.4 cm³/mol. The fourth-order valence-corrected chi connectivity index (χ4v) is 1.92. The molecule has 1 amide bonds. The lowest BCUT2D eigenvalue weighted by atomic mass is 10.2. The number of aromatic nitrogens is 1. The molecule has 0 atom stereocenters. The van der Waals surface area contributed by atoms with Gasteiger partial charge in [-0.2, -0.15) is 8.78 Å². The average molecular weight is 370 g/mol. The first kappa shape index (κ1) is 19.2. The van der Waals surface area contributed by atoms with Crippen LogP contribution in [-0.4, -0.2) is 36.9 Å². The van der Waals surface area contributed by atoms with Crippen LogP contribution in [0.4, 0.5) is 14.6 Å².